The molecule has 0 bridgehead atoms. The van der Waals surface area contributed by atoms with Crippen LogP contribution >= 0.6 is 11.3 Å². The van der Waals surface area contributed by atoms with Crippen LogP contribution in [0.4, 0.5) is 0 Å². The molecule has 1 saturated heterocycles. The van der Waals surface area contributed by atoms with Gasteiger partial charge in [-0.05, 0) is 23.6 Å². The average Bonchev–Trinajstić information content (AvgIpc) is 3.45. The molecule has 1 aliphatic heterocycles. The summed E-state index contributed by atoms with van der Waals surface area (Å²) in [5.41, 5.74) is 1.74. The van der Waals surface area contributed by atoms with Crippen LogP contribution in [0.25, 0.3) is 16.3 Å². The molecule has 2 aromatic heterocycles. The molecule has 1 fully saturated rings. The van der Waals surface area contributed by atoms with E-state index in [1.807, 2.05) is 47.8 Å². The van der Waals surface area contributed by atoms with Gasteiger partial charge in [-0.25, -0.2) is 4.68 Å². The fourth-order valence-electron chi connectivity index (χ4n) is 3.40. The van der Waals surface area contributed by atoms with Gasteiger partial charge in [-0.3, -0.25) is 14.4 Å². The number of carbonyl (C=O) groups is 3. The number of amides is 2. The van der Waals surface area contributed by atoms with Crippen LogP contribution in [0.3, 0.4) is 0 Å². The topological polar surface area (TPSA) is 93.5 Å². The van der Waals surface area contributed by atoms with E-state index in [1.54, 1.807) is 10.9 Å². The predicted octanol–water partition coefficient (Wildman–Crippen LogP) is 2.10. The maximum absolute atomic E-state index is 13.5. The summed E-state index contributed by atoms with van der Waals surface area (Å²) in [6.45, 7) is 0.621. The number of nitrogens with zero attached hydrogens (tertiary/aromatic N) is 3. The highest BCUT2D eigenvalue weighted by Gasteiger charge is 2.37. The first kappa shape index (κ1) is 19.8. The monoisotopic (exact) mass is 424 g/mol. The predicted molar refractivity (Wildman–Crippen MR) is 111 cm³/mol. The van der Waals surface area contributed by atoms with Crippen LogP contribution in [0.2, 0.25) is 0 Å². The Balaban J connectivity index is 1.74. The van der Waals surface area contributed by atoms with E-state index >= 15 is 0 Å². The van der Waals surface area contributed by atoms with Gasteiger partial charge < -0.3 is 15.0 Å². The minimum absolute atomic E-state index is 0.199. The molecular weight excluding hydrogens is 404 g/mol. The summed E-state index contributed by atoms with van der Waals surface area (Å²) in [6.07, 6.45) is 1.48. The van der Waals surface area contributed by atoms with Gasteiger partial charge in [0.1, 0.15) is 11.7 Å². The van der Waals surface area contributed by atoms with Gasteiger partial charge in [-0.1, -0.05) is 24.3 Å². The summed E-state index contributed by atoms with van der Waals surface area (Å²) in [6, 6.07) is 12.4. The molecule has 1 aromatic carbocycles. The van der Waals surface area contributed by atoms with Crippen LogP contribution in [0, 0.1) is 0 Å². The van der Waals surface area contributed by atoms with Gasteiger partial charge in [0.2, 0.25) is 5.91 Å². The number of carbonyl (C=O) groups excluding carboxylic acids is 3. The third-order valence-corrected chi connectivity index (χ3v) is 5.78. The summed E-state index contributed by atoms with van der Waals surface area (Å²) in [5, 5.41) is 9.28. The SMILES string of the molecule is COC(=O)C[C@@H]1C(=O)NCCN1C(=O)c1cn(-c2ccccc2)nc1-c1cccs1. The molecule has 154 valence electrons. The van der Waals surface area contributed by atoms with E-state index in [0.29, 0.717) is 24.3 Å². The number of aromatic nitrogens is 2. The van der Waals surface area contributed by atoms with Crippen molar-refractivity contribution in [2.45, 2.75) is 12.5 Å². The number of hydrogen-bond acceptors (Lipinski definition) is 6. The maximum atomic E-state index is 13.5. The molecule has 1 N–H and O–H groups in total. The number of methoxy groups -OCH3 is 1. The highest BCUT2D eigenvalue weighted by Crippen LogP contribution is 2.29. The molecule has 0 aliphatic carbocycles. The van der Waals surface area contributed by atoms with Crippen LogP contribution in [0.15, 0.2) is 54.0 Å². The van der Waals surface area contributed by atoms with Gasteiger partial charge in [0.25, 0.3) is 5.91 Å². The van der Waals surface area contributed by atoms with Crippen molar-refractivity contribution in [3.8, 4) is 16.3 Å². The lowest BCUT2D eigenvalue weighted by Crippen LogP contribution is -2.57. The number of esters is 1. The third-order valence-electron chi connectivity index (χ3n) is 4.90. The molecule has 0 unspecified atom stereocenters. The van der Waals surface area contributed by atoms with Gasteiger partial charge >= 0.3 is 5.97 Å². The number of piperazine rings is 1. The van der Waals surface area contributed by atoms with Gasteiger partial charge in [-0.2, -0.15) is 5.10 Å². The molecule has 1 aliphatic rings. The van der Waals surface area contributed by atoms with E-state index in [-0.39, 0.29) is 18.2 Å². The molecule has 3 aromatic rings. The molecule has 4 rings (SSSR count). The zero-order valence-corrected chi connectivity index (χ0v) is 17.1. The molecule has 3 heterocycles. The van der Waals surface area contributed by atoms with Crippen molar-refractivity contribution < 1.29 is 19.1 Å². The van der Waals surface area contributed by atoms with Crippen molar-refractivity contribution in [2.24, 2.45) is 0 Å². The first-order chi connectivity index (χ1) is 14.6. The Morgan fingerprint density at radius 2 is 2.03 bits per heavy atom. The minimum Gasteiger partial charge on any atom is -0.469 e. The second kappa shape index (κ2) is 8.50. The quantitative estimate of drug-likeness (QED) is 0.633. The van der Waals surface area contributed by atoms with Gasteiger partial charge in [0, 0.05) is 19.3 Å². The van der Waals surface area contributed by atoms with Crippen LogP contribution < -0.4 is 5.32 Å². The maximum Gasteiger partial charge on any atom is 0.308 e. The first-order valence-electron chi connectivity index (χ1n) is 9.43. The lowest BCUT2D eigenvalue weighted by atomic mass is 10.1. The van der Waals surface area contributed by atoms with E-state index in [1.165, 1.54) is 23.3 Å². The minimum atomic E-state index is -0.921. The van der Waals surface area contributed by atoms with Crippen molar-refractivity contribution in [3.63, 3.8) is 0 Å². The third kappa shape index (κ3) is 3.84. The van der Waals surface area contributed by atoms with Gasteiger partial charge in [0.05, 0.1) is 29.7 Å². The first-order valence-corrected chi connectivity index (χ1v) is 10.3. The van der Waals surface area contributed by atoms with Crippen molar-refractivity contribution in [2.75, 3.05) is 20.2 Å². The van der Waals surface area contributed by atoms with Gasteiger partial charge in [-0.15, -0.1) is 11.3 Å². The normalized spacial score (nSPS) is 16.2. The van der Waals surface area contributed by atoms with Crippen LogP contribution in [-0.2, 0) is 14.3 Å². The zero-order chi connectivity index (χ0) is 21.1. The van der Waals surface area contributed by atoms with Crippen LogP contribution in [-0.4, -0.2) is 58.7 Å². The molecule has 8 nitrogen and oxygen atoms in total. The molecule has 1 atom stereocenters. The fourth-order valence-corrected chi connectivity index (χ4v) is 4.12. The highest BCUT2D eigenvalue weighted by molar-refractivity contribution is 7.13. The second-order valence-electron chi connectivity index (χ2n) is 6.73. The Kier molecular flexibility index (Phi) is 5.62. The Morgan fingerprint density at radius 3 is 2.73 bits per heavy atom. The second-order valence-corrected chi connectivity index (χ2v) is 7.68. The smallest absolute Gasteiger partial charge is 0.308 e. The van der Waals surface area contributed by atoms with Crippen molar-refractivity contribution in [3.05, 3.63) is 59.6 Å². The Labute approximate surface area is 177 Å². The summed E-state index contributed by atoms with van der Waals surface area (Å²) < 4.78 is 6.36. The highest BCUT2D eigenvalue weighted by atomic mass is 32.1. The summed E-state index contributed by atoms with van der Waals surface area (Å²) >= 11 is 1.48. The number of para-hydroxylation sites is 1. The van der Waals surface area contributed by atoms with Gasteiger partial charge in [0.15, 0.2) is 0 Å². The Morgan fingerprint density at radius 1 is 1.23 bits per heavy atom. The number of rotatable bonds is 5. The number of thiophene rings is 1. The number of hydrogen-bond donors (Lipinski definition) is 1. The summed E-state index contributed by atoms with van der Waals surface area (Å²) in [4.78, 5) is 40.0. The standard InChI is InChI=1S/C21H20N4O4S/c1-29-18(26)12-16-20(27)22-9-10-24(16)21(28)15-13-25(14-6-3-2-4-7-14)23-19(15)17-8-5-11-30-17/h2-8,11,13,16H,9-10,12H2,1H3,(H,22,27)/t16-/m1/s1. The summed E-state index contributed by atoms with van der Waals surface area (Å²) in [7, 11) is 1.26. The Hall–Kier alpha value is -3.46. The van der Waals surface area contributed by atoms with E-state index in [2.05, 4.69) is 10.4 Å². The number of benzene rings is 1. The largest absolute Gasteiger partial charge is 0.469 e. The molecule has 2 amide bonds. The van der Waals surface area contributed by atoms with E-state index in [4.69, 9.17) is 4.74 Å². The number of ether oxygens (including phenoxy) is 1. The van der Waals surface area contributed by atoms with Crippen molar-refractivity contribution >= 4 is 29.1 Å². The molecular formula is C21H20N4O4S. The Bertz CT molecular complexity index is 1060. The fraction of sp³-hybridized carbons (Fsp3) is 0.238. The lowest BCUT2D eigenvalue weighted by Gasteiger charge is -2.34. The van der Waals surface area contributed by atoms with Crippen molar-refractivity contribution in [1.82, 2.24) is 20.0 Å². The zero-order valence-electron chi connectivity index (χ0n) is 16.3. The van der Waals surface area contributed by atoms with Crippen molar-refractivity contribution in [1.29, 1.82) is 0 Å². The molecule has 0 saturated carbocycles. The van der Waals surface area contributed by atoms with Crippen LogP contribution in [0.1, 0.15) is 16.8 Å². The molecule has 0 spiro atoms. The number of nitrogens with one attached hydrogen (secondary N) is 1. The average molecular weight is 424 g/mol. The van der Waals surface area contributed by atoms with E-state index in [0.717, 1.165) is 10.6 Å². The molecule has 0 radical (unpaired) electrons. The van der Waals surface area contributed by atoms with Crippen LogP contribution in [0.5, 0.6) is 0 Å². The van der Waals surface area contributed by atoms with E-state index in [9.17, 15) is 14.4 Å². The summed E-state index contributed by atoms with van der Waals surface area (Å²) in [5.74, 6) is -1.26. The lowest BCUT2D eigenvalue weighted by molar-refractivity contribution is -0.145. The van der Waals surface area contributed by atoms with E-state index < -0.39 is 12.0 Å². The molecule has 30 heavy (non-hydrogen) atoms. The molecule has 9 heteroatoms.